The molecule has 0 aliphatic heterocycles. The Morgan fingerprint density at radius 2 is 1.82 bits per heavy atom. The summed E-state index contributed by atoms with van der Waals surface area (Å²) in [6, 6.07) is 17.8. The zero-order valence-electron chi connectivity index (χ0n) is 17.7. The summed E-state index contributed by atoms with van der Waals surface area (Å²) in [4.78, 5) is 16.7. The van der Waals surface area contributed by atoms with Crippen LogP contribution in [0.3, 0.4) is 0 Å². The molecule has 0 atom stereocenters. The third-order valence-electron chi connectivity index (χ3n) is 4.73. The fourth-order valence-corrected chi connectivity index (χ4v) is 4.17. The highest BCUT2D eigenvalue weighted by molar-refractivity contribution is 7.92. The predicted octanol–water partition coefficient (Wildman–Crippen LogP) is 3.39. The van der Waals surface area contributed by atoms with Crippen LogP contribution < -0.4 is 14.8 Å². The Labute approximate surface area is 191 Å². The largest absolute Gasteiger partial charge is 0.495 e. The van der Waals surface area contributed by atoms with E-state index < -0.39 is 15.9 Å². The van der Waals surface area contributed by atoms with Crippen molar-refractivity contribution in [2.75, 3.05) is 17.1 Å². The van der Waals surface area contributed by atoms with Crippen molar-refractivity contribution in [3.05, 3.63) is 96.4 Å². The molecule has 168 valence electrons. The van der Waals surface area contributed by atoms with E-state index in [1.165, 1.54) is 31.4 Å². The molecule has 1 amide bonds. The quantitative estimate of drug-likeness (QED) is 0.414. The molecule has 4 aromatic rings. The predicted molar refractivity (Wildman–Crippen MR) is 124 cm³/mol. The maximum absolute atomic E-state index is 12.7. The molecule has 0 spiro atoms. The Hall–Kier alpha value is -4.18. The van der Waals surface area contributed by atoms with Crippen LogP contribution in [0.5, 0.6) is 5.75 Å². The van der Waals surface area contributed by atoms with Gasteiger partial charge in [0.05, 0.1) is 24.2 Å². The van der Waals surface area contributed by atoms with Crippen molar-refractivity contribution in [2.45, 2.75) is 11.4 Å². The molecule has 10 heteroatoms. The first kappa shape index (κ1) is 22.0. The average Bonchev–Trinajstić information content (AvgIpc) is 3.26. The Morgan fingerprint density at radius 1 is 1.03 bits per heavy atom. The lowest BCUT2D eigenvalue weighted by Gasteiger charge is -2.12. The highest BCUT2D eigenvalue weighted by atomic mass is 32.2. The van der Waals surface area contributed by atoms with Crippen molar-refractivity contribution in [3.63, 3.8) is 0 Å². The van der Waals surface area contributed by atoms with Crippen LogP contribution in [-0.4, -0.2) is 36.2 Å². The van der Waals surface area contributed by atoms with Gasteiger partial charge in [-0.3, -0.25) is 19.2 Å². The molecule has 4 rings (SSSR count). The number of ether oxygens (including phenoxy) is 1. The van der Waals surface area contributed by atoms with Crippen molar-refractivity contribution in [1.82, 2.24) is 14.8 Å². The number of aromatic nitrogens is 3. The zero-order valence-corrected chi connectivity index (χ0v) is 18.5. The first-order valence-corrected chi connectivity index (χ1v) is 11.4. The van der Waals surface area contributed by atoms with Crippen LogP contribution in [0.15, 0.2) is 90.2 Å². The molecule has 2 N–H and O–H groups in total. The molecule has 0 fully saturated rings. The normalized spacial score (nSPS) is 11.1. The molecule has 2 heterocycles. The van der Waals surface area contributed by atoms with Gasteiger partial charge in [-0.05, 0) is 48.0 Å². The Morgan fingerprint density at radius 3 is 2.55 bits per heavy atom. The molecular weight excluding hydrogens is 442 g/mol. The lowest BCUT2D eigenvalue weighted by molar-refractivity contribution is 0.102. The molecule has 0 saturated heterocycles. The monoisotopic (exact) mass is 463 g/mol. The topological polar surface area (TPSA) is 115 Å². The van der Waals surface area contributed by atoms with Crippen LogP contribution in [-0.2, 0) is 16.6 Å². The summed E-state index contributed by atoms with van der Waals surface area (Å²) in [7, 11) is -2.40. The summed E-state index contributed by atoms with van der Waals surface area (Å²) < 4.78 is 34.8. The number of nitrogens with zero attached hydrogens (tertiary/aromatic N) is 3. The van der Waals surface area contributed by atoms with Crippen molar-refractivity contribution < 1.29 is 17.9 Å². The van der Waals surface area contributed by atoms with E-state index in [0.29, 0.717) is 29.4 Å². The first-order valence-electron chi connectivity index (χ1n) is 9.94. The van der Waals surface area contributed by atoms with Crippen LogP contribution in [0.2, 0.25) is 0 Å². The van der Waals surface area contributed by atoms with Crippen molar-refractivity contribution >= 4 is 27.4 Å². The highest BCUT2D eigenvalue weighted by Crippen LogP contribution is 2.26. The SMILES string of the molecule is COc1ccccc1NS(=O)(=O)c1ccc(C(=O)Nc2ccn(Cc3cccnc3)n2)cc1. The van der Waals surface area contributed by atoms with E-state index in [1.54, 1.807) is 53.6 Å². The minimum absolute atomic E-state index is 0.0192. The Balaban J connectivity index is 1.42. The van der Waals surface area contributed by atoms with E-state index in [-0.39, 0.29) is 4.90 Å². The molecule has 2 aromatic heterocycles. The number of hydrogen-bond donors (Lipinski definition) is 2. The molecule has 0 aliphatic carbocycles. The number of carbonyl (C=O) groups is 1. The number of para-hydroxylation sites is 2. The molecular formula is C23H21N5O4S. The number of nitrogens with one attached hydrogen (secondary N) is 2. The smallest absolute Gasteiger partial charge is 0.262 e. The average molecular weight is 464 g/mol. The maximum atomic E-state index is 12.7. The van der Waals surface area contributed by atoms with Gasteiger partial charge in [0, 0.05) is 30.2 Å². The maximum Gasteiger partial charge on any atom is 0.262 e. The highest BCUT2D eigenvalue weighted by Gasteiger charge is 2.17. The Kier molecular flexibility index (Phi) is 6.36. The summed E-state index contributed by atoms with van der Waals surface area (Å²) in [5.74, 6) is 0.390. The molecule has 33 heavy (non-hydrogen) atoms. The summed E-state index contributed by atoms with van der Waals surface area (Å²) in [6.07, 6.45) is 5.20. The van der Waals surface area contributed by atoms with Crippen molar-refractivity contribution in [1.29, 1.82) is 0 Å². The summed E-state index contributed by atoms with van der Waals surface area (Å²) >= 11 is 0. The van der Waals surface area contributed by atoms with Gasteiger partial charge in [0.1, 0.15) is 5.75 Å². The molecule has 2 aromatic carbocycles. The van der Waals surface area contributed by atoms with E-state index in [9.17, 15) is 13.2 Å². The van der Waals surface area contributed by atoms with E-state index >= 15 is 0 Å². The third kappa shape index (κ3) is 5.36. The number of rotatable bonds is 8. The van der Waals surface area contributed by atoms with Gasteiger partial charge < -0.3 is 10.1 Å². The Bertz CT molecular complexity index is 1350. The minimum Gasteiger partial charge on any atom is -0.495 e. The van der Waals surface area contributed by atoms with Crippen LogP contribution >= 0.6 is 0 Å². The summed E-state index contributed by atoms with van der Waals surface area (Å²) in [5.41, 5.74) is 1.61. The van der Waals surface area contributed by atoms with Crippen LogP contribution in [0, 0.1) is 0 Å². The standard InChI is InChI=1S/C23H21N5O4S/c1-32-21-7-3-2-6-20(21)27-33(30,31)19-10-8-18(9-11-19)23(29)25-22-12-14-28(26-22)16-17-5-4-13-24-15-17/h2-15,27H,16H2,1H3,(H,25,26,29). The number of amides is 1. The van der Waals surface area contributed by atoms with Gasteiger partial charge in [-0.2, -0.15) is 5.10 Å². The molecule has 0 saturated carbocycles. The molecule has 0 radical (unpaired) electrons. The van der Waals surface area contributed by atoms with E-state index in [1.807, 2.05) is 12.1 Å². The number of benzene rings is 2. The number of methoxy groups -OCH3 is 1. The van der Waals surface area contributed by atoms with Gasteiger partial charge in [0.15, 0.2) is 5.82 Å². The minimum atomic E-state index is -3.86. The second-order valence-electron chi connectivity index (χ2n) is 7.04. The van der Waals surface area contributed by atoms with Crippen LogP contribution in [0.25, 0.3) is 0 Å². The van der Waals surface area contributed by atoms with Crippen LogP contribution in [0.4, 0.5) is 11.5 Å². The molecule has 0 aliphatic rings. The second kappa shape index (κ2) is 9.53. The van der Waals surface area contributed by atoms with Gasteiger partial charge in [-0.15, -0.1) is 0 Å². The lowest BCUT2D eigenvalue weighted by atomic mass is 10.2. The number of carbonyl (C=O) groups excluding carboxylic acids is 1. The van der Waals surface area contributed by atoms with Gasteiger partial charge >= 0.3 is 0 Å². The van der Waals surface area contributed by atoms with Crippen molar-refractivity contribution in [2.24, 2.45) is 0 Å². The number of hydrogen-bond acceptors (Lipinski definition) is 6. The molecule has 9 nitrogen and oxygen atoms in total. The van der Waals surface area contributed by atoms with E-state index in [2.05, 4.69) is 20.1 Å². The molecule has 0 bridgehead atoms. The number of anilines is 2. The van der Waals surface area contributed by atoms with E-state index in [0.717, 1.165) is 5.56 Å². The fraction of sp³-hybridized carbons (Fsp3) is 0.0870. The first-order chi connectivity index (χ1) is 15.9. The summed E-state index contributed by atoms with van der Waals surface area (Å²) in [6.45, 7) is 0.523. The molecule has 0 unspecified atom stereocenters. The summed E-state index contributed by atoms with van der Waals surface area (Å²) in [5, 5.41) is 7.04. The third-order valence-corrected chi connectivity index (χ3v) is 6.11. The van der Waals surface area contributed by atoms with Gasteiger partial charge in [-0.25, -0.2) is 8.42 Å². The number of sulfonamides is 1. The van der Waals surface area contributed by atoms with Crippen LogP contribution in [0.1, 0.15) is 15.9 Å². The van der Waals surface area contributed by atoms with Crippen molar-refractivity contribution in [3.8, 4) is 5.75 Å². The lowest BCUT2D eigenvalue weighted by Crippen LogP contribution is -2.15. The van der Waals surface area contributed by atoms with Gasteiger partial charge in [-0.1, -0.05) is 18.2 Å². The fourth-order valence-electron chi connectivity index (χ4n) is 3.10. The number of pyridine rings is 1. The van der Waals surface area contributed by atoms with Gasteiger partial charge in [0.25, 0.3) is 15.9 Å². The van der Waals surface area contributed by atoms with Gasteiger partial charge in [0.2, 0.25) is 0 Å². The second-order valence-corrected chi connectivity index (χ2v) is 8.73. The zero-order chi connectivity index (χ0) is 23.3. The van der Waals surface area contributed by atoms with E-state index in [4.69, 9.17) is 4.74 Å².